The largest absolute Gasteiger partial charge is 0.418 e. The average Bonchev–Trinajstić information content (AvgIpc) is 3.78. The number of nitrogens with zero attached hydrogens (tertiary/aromatic N) is 6. The number of para-hydroxylation sites is 2. The molecule has 12 nitrogen and oxygen atoms in total. The first kappa shape index (κ1) is 38.1. The molecule has 0 aliphatic rings. The maximum Gasteiger partial charge on any atom is 0.418 e. The van der Waals surface area contributed by atoms with Crippen molar-refractivity contribution < 1.29 is 19.1 Å². The summed E-state index contributed by atoms with van der Waals surface area (Å²) in [5.74, 6) is 1.89. The Kier molecular flexibility index (Phi) is 11.6. The molecule has 0 fully saturated rings. The number of rotatable bonds is 6. The fourth-order valence-electron chi connectivity index (χ4n) is 4.87. The summed E-state index contributed by atoms with van der Waals surface area (Å²) in [4.78, 5) is 24.6. The third kappa shape index (κ3) is 9.99. The number of hydrogen-bond donors (Lipinski definition) is 2. The third-order valence-corrected chi connectivity index (χ3v) is 7.81. The van der Waals surface area contributed by atoms with Gasteiger partial charge in [0.05, 0.1) is 46.0 Å². The van der Waals surface area contributed by atoms with E-state index in [0.717, 1.165) is 22.8 Å². The highest BCUT2D eigenvalue weighted by Gasteiger charge is 2.23. The lowest BCUT2D eigenvalue weighted by molar-refractivity contribution is 0.214. The number of nitrogens with one attached hydrogen (secondary N) is 2. The minimum absolute atomic E-state index is 0.197. The van der Waals surface area contributed by atoms with E-state index in [9.17, 15) is 9.59 Å². The van der Waals surface area contributed by atoms with Gasteiger partial charge in [0, 0.05) is 23.0 Å². The van der Waals surface area contributed by atoms with Gasteiger partial charge >= 0.3 is 12.2 Å². The van der Waals surface area contributed by atoms with Crippen LogP contribution < -0.4 is 20.1 Å². The molecule has 272 valence electrons. The molecular formula is C42H40N8O4. The summed E-state index contributed by atoms with van der Waals surface area (Å²) in [6.07, 6.45) is -1.20. The molecule has 2 heterocycles. The van der Waals surface area contributed by atoms with Crippen molar-refractivity contribution in [1.82, 2.24) is 19.6 Å². The Hall–Kier alpha value is -7.18. The van der Waals surface area contributed by atoms with E-state index >= 15 is 0 Å². The Balaban J connectivity index is 0.000000208. The summed E-state index contributed by atoms with van der Waals surface area (Å²) in [5, 5.41) is 32.7. The summed E-state index contributed by atoms with van der Waals surface area (Å²) >= 11 is 0. The fraction of sp³-hybridized carbons (Fsp3) is 0.190. The first-order chi connectivity index (χ1) is 25.7. The van der Waals surface area contributed by atoms with E-state index in [0.29, 0.717) is 34.3 Å². The van der Waals surface area contributed by atoms with Crippen LogP contribution >= 0.6 is 0 Å². The molecule has 54 heavy (non-hydrogen) atoms. The highest BCUT2D eigenvalue weighted by Crippen LogP contribution is 2.28. The van der Waals surface area contributed by atoms with Crippen LogP contribution in [-0.4, -0.2) is 31.7 Å². The van der Waals surface area contributed by atoms with Gasteiger partial charge in [-0.3, -0.25) is 10.6 Å². The van der Waals surface area contributed by atoms with Crippen LogP contribution in [0.2, 0.25) is 0 Å². The zero-order valence-corrected chi connectivity index (χ0v) is 30.9. The van der Waals surface area contributed by atoms with Crippen LogP contribution in [-0.2, 0) is 10.8 Å². The minimum atomic E-state index is -0.601. The molecule has 2 amide bonds. The Labute approximate surface area is 314 Å². The molecule has 0 radical (unpaired) electrons. The molecule has 0 atom stereocenters. The topological polar surface area (TPSA) is 160 Å². The Morgan fingerprint density at radius 2 is 0.889 bits per heavy atom. The number of nitriles is 2. The monoisotopic (exact) mass is 720 g/mol. The van der Waals surface area contributed by atoms with E-state index in [4.69, 9.17) is 20.0 Å². The number of carbonyl (C=O) groups excluding carboxylic acids is 2. The molecule has 2 aromatic heterocycles. The Morgan fingerprint density at radius 1 is 0.556 bits per heavy atom. The van der Waals surface area contributed by atoms with Crippen LogP contribution in [0.25, 0.3) is 11.4 Å². The number of carbonyl (C=O) groups is 2. The van der Waals surface area contributed by atoms with Gasteiger partial charge in [-0.2, -0.15) is 20.7 Å². The number of aromatic nitrogens is 4. The molecule has 0 spiro atoms. The van der Waals surface area contributed by atoms with Crippen molar-refractivity contribution in [2.45, 2.75) is 52.4 Å². The molecule has 0 saturated heterocycles. The van der Waals surface area contributed by atoms with Gasteiger partial charge in [-0.25, -0.2) is 19.0 Å². The van der Waals surface area contributed by atoms with E-state index in [1.165, 1.54) is 0 Å². The first-order valence-corrected chi connectivity index (χ1v) is 17.0. The van der Waals surface area contributed by atoms with Gasteiger partial charge < -0.3 is 9.47 Å². The number of anilines is 2. The second-order valence-electron chi connectivity index (χ2n) is 14.1. The molecule has 12 heteroatoms. The van der Waals surface area contributed by atoms with Gasteiger partial charge in [0.25, 0.3) is 0 Å². The van der Waals surface area contributed by atoms with Crippen LogP contribution in [0.3, 0.4) is 0 Å². The van der Waals surface area contributed by atoms with Crippen molar-refractivity contribution in [2.24, 2.45) is 0 Å². The summed E-state index contributed by atoms with van der Waals surface area (Å²) in [6, 6.07) is 39.5. The van der Waals surface area contributed by atoms with E-state index in [1.54, 1.807) is 106 Å². The zero-order valence-electron chi connectivity index (χ0n) is 30.9. The fourth-order valence-corrected chi connectivity index (χ4v) is 4.87. The van der Waals surface area contributed by atoms with Crippen LogP contribution in [0, 0.1) is 22.7 Å². The maximum atomic E-state index is 12.3. The molecule has 0 unspecified atom stereocenters. The standard InChI is InChI=1S/2C21H20N4O2/c2*1-21(2,3)18-13-19(23-20(26)27-17-7-5-4-6-8-17)25(24-18)16-11-9-15(14-22)10-12-16/h2*4-13H,1-3H3,(H,23,26). The van der Waals surface area contributed by atoms with Gasteiger partial charge in [0.1, 0.15) is 23.1 Å². The second-order valence-corrected chi connectivity index (χ2v) is 14.1. The predicted octanol–water partition coefficient (Wildman–Crippen LogP) is 9.30. The summed E-state index contributed by atoms with van der Waals surface area (Å²) in [6.45, 7) is 12.3. The van der Waals surface area contributed by atoms with Gasteiger partial charge in [0.2, 0.25) is 0 Å². The Bertz CT molecular complexity index is 2120. The molecule has 4 aromatic carbocycles. The predicted molar refractivity (Wildman–Crippen MR) is 206 cm³/mol. The van der Waals surface area contributed by atoms with Crippen molar-refractivity contribution >= 4 is 23.8 Å². The number of amides is 2. The highest BCUT2D eigenvalue weighted by molar-refractivity contribution is 5.86. The molecule has 6 rings (SSSR count). The van der Waals surface area contributed by atoms with Crippen molar-refractivity contribution in [3.05, 3.63) is 144 Å². The molecule has 2 N–H and O–H groups in total. The lowest BCUT2D eigenvalue weighted by atomic mass is 9.92. The van der Waals surface area contributed by atoms with E-state index in [-0.39, 0.29) is 10.8 Å². The lowest BCUT2D eigenvalue weighted by Gasteiger charge is -2.14. The summed E-state index contributed by atoms with van der Waals surface area (Å²) in [7, 11) is 0. The first-order valence-electron chi connectivity index (χ1n) is 17.0. The van der Waals surface area contributed by atoms with Gasteiger partial charge in [-0.05, 0) is 72.8 Å². The van der Waals surface area contributed by atoms with Gasteiger partial charge in [-0.15, -0.1) is 0 Å². The molecule has 0 bridgehead atoms. The van der Waals surface area contributed by atoms with Crippen molar-refractivity contribution in [2.75, 3.05) is 10.6 Å². The van der Waals surface area contributed by atoms with Crippen molar-refractivity contribution in [3.63, 3.8) is 0 Å². The van der Waals surface area contributed by atoms with Crippen LogP contribution in [0.4, 0.5) is 21.2 Å². The number of hydrogen-bond acceptors (Lipinski definition) is 8. The minimum Gasteiger partial charge on any atom is -0.410 e. The highest BCUT2D eigenvalue weighted by atomic mass is 16.6. The zero-order chi connectivity index (χ0) is 38.9. The third-order valence-electron chi connectivity index (χ3n) is 7.81. The van der Waals surface area contributed by atoms with Gasteiger partial charge in [-0.1, -0.05) is 77.9 Å². The van der Waals surface area contributed by atoms with Crippen molar-refractivity contribution in [1.29, 1.82) is 10.5 Å². The molecule has 0 aliphatic carbocycles. The molecular weight excluding hydrogens is 681 g/mol. The average molecular weight is 721 g/mol. The van der Waals surface area contributed by atoms with E-state index < -0.39 is 12.2 Å². The maximum absolute atomic E-state index is 12.3. The van der Waals surface area contributed by atoms with Crippen LogP contribution in [0.1, 0.15) is 64.1 Å². The quantitative estimate of drug-likeness (QED) is 0.172. The lowest BCUT2D eigenvalue weighted by Crippen LogP contribution is -2.19. The smallest absolute Gasteiger partial charge is 0.410 e. The summed E-state index contributed by atoms with van der Waals surface area (Å²) in [5.41, 5.74) is 3.83. The SMILES string of the molecule is CC(C)(C)c1cc(NC(=O)Oc2ccccc2)n(-c2ccc(C#N)cc2)n1.CC(C)(C)c1cc(NC(=O)Oc2ccccc2)n(-c2ccc(C#N)cc2)n1. The molecule has 0 saturated carbocycles. The van der Waals surface area contributed by atoms with Crippen molar-refractivity contribution in [3.8, 4) is 35.0 Å². The van der Waals surface area contributed by atoms with Gasteiger partial charge in [0.15, 0.2) is 0 Å². The normalized spacial score (nSPS) is 10.9. The molecule has 0 aliphatic heterocycles. The van der Waals surface area contributed by atoms with Crippen LogP contribution in [0.15, 0.2) is 121 Å². The van der Waals surface area contributed by atoms with E-state index in [1.807, 2.05) is 65.8 Å². The second kappa shape index (κ2) is 16.4. The number of ether oxygens (including phenoxy) is 2. The van der Waals surface area contributed by atoms with E-state index in [2.05, 4.69) is 33.0 Å². The summed E-state index contributed by atoms with van der Waals surface area (Å²) < 4.78 is 13.9. The Morgan fingerprint density at radius 3 is 1.19 bits per heavy atom. The number of benzene rings is 4. The van der Waals surface area contributed by atoms with Crippen LogP contribution in [0.5, 0.6) is 11.5 Å². The molecule has 6 aromatic rings.